The number of benzene rings is 1. The Balaban J connectivity index is 2.87. The number of halogens is 2. The molecule has 0 radical (unpaired) electrons. The molecule has 0 spiro atoms. The highest BCUT2D eigenvalue weighted by Gasteiger charge is 2.22. The van der Waals surface area contributed by atoms with Crippen LogP contribution in [-0.4, -0.2) is 35.3 Å². The highest BCUT2D eigenvalue weighted by Crippen LogP contribution is 2.19. The fraction of sp³-hybridized carbons (Fsp3) is 0.467. The monoisotopic (exact) mass is 358 g/mol. The van der Waals surface area contributed by atoms with E-state index in [9.17, 15) is 14.0 Å². The molecule has 6 heteroatoms. The molecule has 0 bridgehead atoms. The Bertz CT molecular complexity index is 541. The van der Waals surface area contributed by atoms with Crippen molar-refractivity contribution in [2.24, 2.45) is 0 Å². The molecule has 116 valence electrons. The van der Waals surface area contributed by atoms with Gasteiger partial charge in [-0.3, -0.25) is 9.59 Å². The van der Waals surface area contributed by atoms with E-state index in [1.165, 1.54) is 17.0 Å². The molecule has 21 heavy (non-hydrogen) atoms. The second kappa shape index (κ2) is 7.02. The molecule has 0 atom stereocenters. The van der Waals surface area contributed by atoms with Gasteiger partial charge < -0.3 is 10.2 Å². The Kier molecular flexibility index (Phi) is 5.89. The van der Waals surface area contributed by atoms with Crippen LogP contribution in [0, 0.1) is 5.82 Å². The smallest absolute Gasteiger partial charge is 0.255 e. The van der Waals surface area contributed by atoms with Crippen LogP contribution < -0.4 is 5.32 Å². The molecule has 1 N–H and O–H groups in total. The molecule has 0 fully saturated rings. The van der Waals surface area contributed by atoms with Gasteiger partial charge in [-0.1, -0.05) is 0 Å². The van der Waals surface area contributed by atoms with E-state index >= 15 is 0 Å². The van der Waals surface area contributed by atoms with Crippen LogP contribution in [0.15, 0.2) is 22.7 Å². The zero-order valence-electron chi connectivity index (χ0n) is 12.7. The lowest BCUT2D eigenvalue weighted by Gasteiger charge is -2.25. The van der Waals surface area contributed by atoms with E-state index in [1.807, 2.05) is 20.8 Å². The molecule has 0 saturated carbocycles. The SMILES string of the molecule is CCN(CC(=O)NC(C)(C)C)C(=O)c1cc(F)ccc1Br. The largest absolute Gasteiger partial charge is 0.350 e. The van der Waals surface area contributed by atoms with E-state index in [0.717, 1.165) is 6.07 Å². The number of hydrogen-bond acceptors (Lipinski definition) is 2. The van der Waals surface area contributed by atoms with Crippen LogP contribution in [0.1, 0.15) is 38.1 Å². The Morgan fingerprint density at radius 2 is 1.95 bits per heavy atom. The fourth-order valence-electron chi connectivity index (χ4n) is 1.79. The van der Waals surface area contributed by atoms with Gasteiger partial charge >= 0.3 is 0 Å². The Morgan fingerprint density at radius 1 is 1.33 bits per heavy atom. The van der Waals surface area contributed by atoms with Gasteiger partial charge in [0.15, 0.2) is 0 Å². The number of amides is 2. The average molecular weight is 359 g/mol. The molecule has 0 aliphatic heterocycles. The summed E-state index contributed by atoms with van der Waals surface area (Å²) in [5.41, 5.74) is -0.153. The van der Waals surface area contributed by atoms with Crippen molar-refractivity contribution in [2.45, 2.75) is 33.2 Å². The normalized spacial score (nSPS) is 11.1. The molecule has 2 amide bonds. The summed E-state index contributed by atoms with van der Waals surface area (Å²) in [5.74, 6) is -1.12. The molecule has 0 unspecified atom stereocenters. The number of nitrogens with zero attached hydrogens (tertiary/aromatic N) is 1. The minimum Gasteiger partial charge on any atom is -0.350 e. The van der Waals surface area contributed by atoms with Crippen molar-refractivity contribution in [1.82, 2.24) is 10.2 Å². The zero-order chi connectivity index (χ0) is 16.2. The standard InChI is InChI=1S/C15H20BrFN2O2/c1-5-19(9-13(20)18-15(2,3)4)14(21)11-8-10(17)6-7-12(11)16/h6-8H,5,9H2,1-4H3,(H,18,20). The van der Waals surface area contributed by atoms with Gasteiger partial charge in [-0.25, -0.2) is 4.39 Å². The van der Waals surface area contributed by atoms with Crippen LogP contribution in [0.25, 0.3) is 0 Å². The predicted molar refractivity (Wildman–Crippen MR) is 83.6 cm³/mol. The minimum atomic E-state index is -0.489. The molecule has 0 aliphatic carbocycles. The Morgan fingerprint density at radius 3 is 2.48 bits per heavy atom. The van der Waals surface area contributed by atoms with Crippen molar-refractivity contribution in [3.63, 3.8) is 0 Å². The molecule has 0 aromatic heterocycles. The average Bonchev–Trinajstić information content (AvgIpc) is 2.36. The lowest BCUT2D eigenvalue weighted by Crippen LogP contribution is -2.47. The van der Waals surface area contributed by atoms with Gasteiger partial charge in [-0.2, -0.15) is 0 Å². The number of rotatable bonds is 4. The highest BCUT2D eigenvalue weighted by atomic mass is 79.9. The molecule has 0 aliphatic rings. The molecule has 4 nitrogen and oxygen atoms in total. The van der Waals surface area contributed by atoms with E-state index < -0.39 is 5.82 Å². The van der Waals surface area contributed by atoms with Crippen molar-refractivity contribution in [3.05, 3.63) is 34.1 Å². The van der Waals surface area contributed by atoms with E-state index in [-0.39, 0.29) is 29.5 Å². The molecule has 1 rings (SSSR count). The number of carbonyl (C=O) groups excluding carboxylic acids is 2. The van der Waals surface area contributed by atoms with Crippen LogP contribution >= 0.6 is 15.9 Å². The van der Waals surface area contributed by atoms with Crippen LogP contribution in [-0.2, 0) is 4.79 Å². The van der Waals surface area contributed by atoms with Gasteiger partial charge in [-0.15, -0.1) is 0 Å². The predicted octanol–water partition coefficient (Wildman–Crippen LogP) is 2.97. The highest BCUT2D eigenvalue weighted by molar-refractivity contribution is 9.10. The number of hydrogen-bond donors (Lipinski definition) is 1. The van der Waals surface area contributed by atoms with Gasteiger partial charge in [-0.05, 0) is 61.8 Å². The van der Waals surface area contributed by atoms with Gasteiger partial charge in [0.25, 0.3) is 5.91 Å². The lowest BCUT2D eigenvalue weighted by molar-refractivity contribution is -0.123. The van der Waals surface area contributed by atoms with Crippen LogP contribution in [0.2, 0.25) is 0 Å². The van der Waals surface area contributed by atoms with Crippen molar-refractivity contribution < 1.29 is 14.0 Å². The maximum atomic E-state index is 13.3. The third kappa shape index (κ3) is 5.46. The van der Waals surface area contributed by atoms with Gasteiger partial charge in [0, 0.05) is 16.6 Å². The lowest BCUT2D eigenvalue weighted by atomic mass is 10.1. The zero-order valence-corrected chi connectivity index (χ0v) is 14.3. The molecule has 0 saturated heterocycles. The van der Waals surface area contributed by atoms with E-state index in [2.05, 4.69) is 21.2 Å². The number of carbonyl (C=O) groups is 2. The van der Waals surface area contributed by atoms with Crippen LogP contribution in [0.3, 0.4) is 0 Å². The first-order valence-corrected chi connectivity index (χ1v) is 7.48. The summed E-state index contributed by atoms with van der Waals surface area (Å²) in [6.45, 7) is 7.68. The Labute approximate surface area is 132 Å². The summed E-state index contributed by atoms with van der Waals surface area (Å²) in [6, 6.07) is 3.91. The van der Waals surface area contributed by atoms with E-state index in [4.69, 9.17) is 0 Å². The first kappa shape index (κ1) is 17.6. The quantitative estimate of drug-likeness (QED) is 0.899. The molecule has 1 aromatic rings. The van der Waals surface area contributed by atoms with Crippen molar-refractivity contribution in [2.75, 3.05) is 13.1 Å². The first-order valence-electron chi connectivity index (χ1n) is 6.69. The maximum absolute atomic E-state index is 13.3. The summed E-state index contributed by atoms with van der Waals surface area (Å²) < 4.78 is 13.8. The van der Waals surface area contributed by atoms with Crippen molar-refractivity contribution in [1.29, 1.82) is 0 Å². The number of likely N-dealkylation sites (N-methyl/N-ethyl adjacent to an activating group) is 1. The second-order valence-corrected chi connectivity index (χ2v) is 6.60. The molecule has 1 aromatic carbocycles. The Hall–Kier alpha value is -1.43. The third-order valence-corrected chi connectivity index (χ3v) is 3.37. The summed E-state index contributed by atoms with van der Waals surface area (Å²) >= 11 is 3.23. The fourth-order valence-corrected chi connectivity index (χ4v) is 2.21. The summed E-state index contributed by atoms with van der Waals surface area (Å²) in [7, 11) is 0. The van der Waals surface area contributed by atoms with Crippen LogP contribution in [0.4, 0.5) is 4.39 Å². The first-order chi connectivity index (χ1) is 9.64. The maximum Gasteiger partial charge on any atom is 0.255 e. The minimum absolute atomic E-state index is 0.0600. The molecule has 0 heterocycles. The van der Waals surface area contributed by atoms with Crippen molar-refractivity contribution in [3.8, 4) is 0 Å². The van der Waals surface area contributed by atoms with Crippen LogP contribution in [0.5, 0.6) is 0 Å². The number of nitrogens with one attached hydrogen (secondary N) is 1. The second-order valence-electron chi connectivity index (χ2n) is 5.74. The summed E-state index contributed by atoms with van der Waals surface area (Å²) in [5, 5.41) is 2.80. The van der Waals surface area contributed by atoms with E-state index in [0.29, 0.717) is 11.0 Å². The van der Waals surface area contributed by atoms with E-state index in [1.54, 1.807) is 6.92 Å². The summed E-state index contributed by atoms with van der Waals surface area (Å²) in [4.78, 5) is 25.7. The summed E-state index contributed by atoms with van der Waals surface area (Å²) in [6.07, 6.45) is 0. The van der Waals surface area contributed by atoms with Gasteiger partial charge in [0.2, 0.25) is 5.91 Å². The third-order valence-electron chi connectivity index (χ3n) is 2.68. The molecular weight excluding hydrogens is 339 g/mol. The van der Waals surface area contributed by atoms with Gasteiger partial charge in [0.1, 0.15) is 5.82 Å². The topological polar surface area (TPSA) is 49.4 Å². The molecular formula is C15H20BrFN2O2. The van der Waals surface area contributed by atoms with Crippen molar-refractivity contribution >= 4 is 27.7 Å². The van der Waals surface area contributed by atoms with Gasteiger partial charge in [0.05, 0.1) is 12.1 Å².